The molecule has 2 fully saturated rings. The maximum atomic E-state index is 13.2. The first-order chi connectivity index (χ1) is 12.4. The lowest BCUT2D eigenvalue weighted by molar-refractivity contribution is -0.734. The van der Waals surface area contributed by atoms with E-state index in [1.54, 1.807) is 6.08 Å². The predicted molar refractivity (Wildman–Crippen MR) is 95.8 cm³/mol. The lowest BCUT2D eigenvalue weighted by Gasteiger charge is -2.26. The normalized spacial score (nSPS) is 32.3. The van der Waals surface area contributed by atoms with E-state index in [0.717, 1.165) is 17.7 Å². The topological polar surface area (TPSA) is 83.1 Å². The number of hydrogen-bond donors (Lipinski definition) is 2. The average Bonchev–Trinajstić information content (AvgIpc) is 3.15. The van der Waals surface area contributed by atoms with Crippen molar-refractivity contribution in [2.24, 2.45) is 17.8 Å². The maximum Gasteiger partial charge on any atom is 0.291 e. The molecule has 1 spiro atoms. The second-order valence-corrected chi connectivity index (χ2v) is 7.91. The second kappa shape index (κ2) is 5.77. The molecule has 3 N–H and O–H groups in total. The van der Waals surface area contributed by atoms with E-state index in [9.17, 15) is 14.4 Å². The van der Waals surface area contributed by atoms with Crippen LogP contribution in [0.5, 0.6) is 0 Å². The third-order valence-electron chi connectivity index (χ3n) is 5.92. The highest BCUT2D eigenvalue weighted by atomic mass is 16.2. The van der Waals surface area contributed by atoms with Crippen molar-refractivity contribution in [2.45, 2.75) is 31.8 Å². The molecule has 6 nitrogen and oxygen atoms in total. The molecular weight excluding hydrogens is 330 g/mol. The Kier molecular flexibility index (Phi) is 3.77. The number of para-hydroxylation sites is 1. The number of carbonyl (C=O) groups is 3. The standard InChI is InChI=1S/C20H23N3O3/c1-4-9-23-17(24)15-14(10-11(2)3)22-20(16(15)18(23)25)12-7-5-6-8-13(12)21-19(20)26/h4-8,11,14-16,22H,1,9-10H2,2-3H3,(H,21,26)/p+1/t14-,15-,16+,20+/m0/s1. The molecule has 1 aromatic rings. The molecule has 3 aliphatic rings. The van der Waals surface area contributed by atoms with E-state index in [-0.39, 0.29) is 30.3 Å². The number of amides is 3. The quantitative estimate of drug-likeness (QED) is 0.614. The zero-order valence-corrected chi connectivity index (χ0v) is 15.1. The van der Waals surface area contributed by atoms with Crippen LogP contribution in [0, 0.1) is 17.8 Å². The third-order valence-corrected chi connectivity index (χ3v) is 5.92. The third kappa shape index (κ3) is 2.05. The summed E-state index contributed by atoms with van der Waals surface area (Å²) in [5.41, 5.74) is 0.497. The largest absolute Gasteiger partial charge is 0.326 e. The molecule has 4 rings (SSSR count). The molecule has 3 aliphatic heterocycles. The zero-order chi connectivity index (χ0) is 18.6. The molecule has 0 unspecified atom stereocenters. The number of nitrogens with two attached hydrogens (primary N) is 1. The summed E-state index contributed by atoms with van der Waals surface area (Å²) in [4.78, 5) is 40.6. The van der Waals surface area contributed by atoms with Crippen molar-refractivity contribution < 1.29 is 19.7 Å². The van der Waals surface area contributed by atoms with Crippen LogP contribution < -0.4 is 10.6 Å². The van der Waals surface area contributed by atoms with Crippen molar-refractivity contribution in [1.82, 2.24) is 4.90 Å². The van der Waals surface area contributed by atoms with Gasteiger partial charge in [-0.1, -0.05) is 38.1 Å². The van der Waals surface area contributed by atoms with Gasteiger partial charge in [-0.2, -0.15) is 0 Å². The monoisotopic (exact) mass is 354 g/mol. The van der Waals surface area contributed by atoms with E-state index in [0.29, 0.717) is 5.92 Å². The van der Waals surface area contributed by atoms with Crippen LogP contribution in [0.3, 0.4) is 0 Å². The summed E-state index contributed by atoms with van der Waals surface area (Å²) < 4.78 is 0. The van der Waals surface area contributed by atoms with Crippen molar-refractivity contribution in [3.05, 3.63) is 42.5 Å². The Morgan fingerprint density at radius 3 is 2.69 bits per heavy atom. The maximum absolute atomic E-state index is 13.2. The number of anilines is 1. The summed E-state index contributed by atoms with van der Waals surface area (Å²) in [6.07, 6.45) is 2.34. The van der Waals surface area contributed by atoms with Crippen LogP contribution in [0.25, 0.3) is 0 Å². The smallest absolute Gasteiger partial charge is 0.291 e. The molecule has 0 bridgehead atoms. The van der Waals surface area contributed by atoms with Crippen LogP contribution in [-0.4, -0.2) is 35.2 Å². The van der Waals surface area contributed by atoms with Crippen LogP contribution in [0.4, 0.5) is 5.69 Å². The molecule has 0 radical (unpaired) electrons. The van der Waals surface area contributed by atoms with Gasteiger partial charge in [0.25, 0.3) is 5.91 Å². The average molecular weight is 354 g/mol. The molecule has 1 aromatic carbocycles. The number of rotatable bonds is 4. The number of imide groups is 1. The first kappa shape index (κ1) is 17.0. The van der Waals surface area contributed by atoms with Gasteiger partial charge in [0.15, 0.2) is 0 Å². The first-order valence-electron chi connectivity index (χ1n) is 9.15. The first-order valence-corrected chi connectivity index (χ1v) is 9.15. The Morgan fingerprint density at radius 2 is 2.00 bits per heavy atom. The molecule has 3 amide bonds. The van der Waals surface area contributed by atoms with Crippen LogP contribution in [0.2, 0.25) is 0 Å². The highest BCUT2D eigenvalue weighted by Gasteiger charge is 2.73. The molecule has 136 valence electrons. The van der Waals surface area contributed by atoms with Gasteiger partial charge in [-0.05, 0) is 12.0 Å². The fraction of sp³-hybridized carbons (Fsp3) is 0.450. The van der Waals surface area contributed by atoms with Gasteiger partial charge in [0.2, 0.25) is 17.4 Å². The fourth-order valence-electron chi connectivity index (χ4n) is 5.05. The molecule has 0 aliphatic carbocycles. The zero-order valence-electron chi connectivity index (χ0n) is 15.1. The Bertz CT molecular complexity index is 818. The molecule has 2 saturated heterocycles. The number of quaternary nitrogens is 1. The minimum Gasteiger partial charge on any atom is -0.326 e. The highest BCUT2D eigenvalue weighted by Crippen LogP contribution is 2.49. The molecule has 4 atom stereocenters. The number of nitrogens with one attached hydrogen (secondary N) is 1. The van der Waals surface area contributed by atoms with Crippen molar-refractivity contribution >= 4 is 23.4 Å². The van der Waals surface area contributed by atoms with Gasteiger partial charge < -0.3 is 10.6 Å². The Morgan fingerprint density at radius 1 is 1.27 bits per heavy atom. The second-order valence-electron chi connectivity index (χ2n) is 7.91. The Labute approximate surface area is 152 Å². The van der Waals surface area contributed by atoms with Crippen LogP contribution in [0.15, 0.2) is 36.9 Å². The SMILES string of the molecule is C=CCN1C(=O)[C@H]2[C@H](CC(C)C)[NH2+][C@@]3(C(=O)Nc4ccccc43)[C@H]2C1=O. The summed E-state index contributed by atoms with van der Waals surface area (Å²) in [6.45, 7) is 8.05. The molecule has 3 heterocycles. The van der Waals surface area contributed by atoms with E-state index in [1.165, 1.54) is 4.90 Å². The molecular formula is C20H24N3O3+. The van der Waals surface area contributed by atoms with Crippen LogP contribution >= 0.6 is 0 Å². The summed E-state index contributed by atoms with van der Waals surface area (Å²) in [5, 5.41) is 4.92. The Balaban J connectivity index is 1.87. The van der Waals surface area contributed by atoms with Gasteiger partial charge in [0.05, 0.1) is 5.69 Å². The summed E-state index contributed by atoms with van der Waals surface area (Å²) in [6, 6.07) is 7.39. The van der Waals surface area contributed by atoms with E-state index >= 15 is 0 Å². The number of nitrogens with zero attached hydrogens (tertiary/aromatic N) is 1. The number of likely N-dealkylation sites (tertiary alicyclic amines) is 1. The number of carbonyl (C=O) groups excluding carboxylic acids is 3. The van der Waals surface area contributed by atoms with E-state index in [2.05, 4.69) is 25.7 Å². The minimum absolute atomic E-state index is 0.0943. The number of fused-ring (bicyclic) bond motifs is 4. The summed E-state index contributed by atoms with van der Waals surface area (Å²) in [5.74, 6) is -1.39. The fourth-order valence-corrected chi connectivity index (χ4v) is 5.05. The van der Waals surface area contributed by atoms with E-state index in [4.69, 9.17) is 0 Å². The van der Waals surface area contributed by atoms with Gasteiger partial charge in [0.1, 0.15) is 17.9 Å². The lowest BCUT2D eigenvalue weighted by atomic mass is 9.76. The molecule has 6 heteroatoms. The van der Waals surface area contributed by atoms with Gasteiger partial charge in [-0.3, -0.25) is 19.3 Å². The van der Waals surface area contributed by atoms with Crippen molar-refractivity contribution in [3.8, 4) is 0 Å². The Hall–Kier alpha value is -2.47. The van der Waals surface area contributed by atoms with Crippen LogP contribution in [0.1, 0.15) is 25.8 Å². The molecule has 0 saturated carbocycles. The number of hydrogen-bond acceptors (Lipinski definition) is 3. The van der Waals surface area contributed by atoms with Crippen molar-refractivity contribution in [3.63, 3.8) is 0 Å². The lowest BCUT2D eigenvalue weighted by Crippen LogP contribution is -2.99. The van der Waals surface area contributed by atoms with Gasteiger partial charge >= 0.3 is 0 Å². The van der Waals surface area contributed by atoms with Gasteiger partial charge in [0, 0.05) is 18.5 Å². The molecule has 26 heavy (non-hydrogen) atoms. The van der Waals surface area contributed by atoms with Gasteiger partial charge in [-0.25, -0.2) is 0 Å². The minimum atomic E-state index is -1.05. The summed E-state index contributed by atoms with van der Waals surface area (Å²) >= 11 is 0. The molecule has 0 aromatic heterocycles. The van der Waals surface area contributed by atoms with E-state index in [1.807, 2.05) is 29.6 Å². The summed E-state index contributed by atoms with van der Waals surface area (Å²) in [7, 11) is 0. The highest BCUT2D eigenvalue weighted by molar-refractivity contribution is 6.13. The predicted octanol–water partition coefficient (Wildman–Crippen LogP) is 0.613. The van der Waals surface area contributed by atoms with Gasteiger partial charge in [-0.15, -0.1) is 6.58 Å². The number of benzene rings is 1. The van der Waals surface area contributed by atoms with E-state index < -0.39 is 17.4 Å². The van der Waals surface area contributed by atoms with Crippen LogP contribution in [-0.2, 0) is 19.9 Å². The van der Waals surface area contributed by atoms with Crippen molar-refractivity contribution in [1.29, 1.82) is 0 Å². The van der Waals surface area contributed by atoms with Crippen molar-refractivity contribution in [2.75, 3.05) is 11.9 Å².